The van der Waals surface area contributed by atoms with Crippen LogP contribution in [0.4, 0.5) is 16.3 Å². The van der Waals surface area contributed by atoms with E-state index in [0.717, 1.165) is 22.3 Å². The van der Waals surface area contributed by atoms with E-state index in [0.29, 0.717) is 17.1 Å². The number of aromatic nitrogens is 2. The second kappa shape index (κ2) is 9.08. The third-order valence-corrected chi connectivity index (χ3v) is 4.80. The van der Waals surface area contributed by atoms with Crippen molar-refractivity contribution < 1.29 is 9.21 Å². The van der Waals surface area contributed by atoms with Crippen LogP contribution >= 0.6 is 0 Å². The number of nitrogens with one attached hydrogen (secondary N) is 2. The Morgan fingerprint density at radius 3 is 2.39 bits per heavy atom. The molecule has 0 atom stereocenters. The minimum atomic E-state index is -0.357. The molecule has 162 valence electrons. The van der Waals surface area contributed by atoms with Crippen LogP contribution < -0.4 is 10.6 Å². The minimum Gasteiger partial charge on any atom is -0.462 e. The van der Waals surface area contributed by atoms with Crippen molar-refractivity contribution in [2.45, 2.75) is 47.0 Å². The van der Waals surface area contributed by atoms with E-state index >= 15 is 0 Å². The van der Waals surface area contributed by atoms with Crippen molar-refractivity contribution in [1.29, 1.82) is 0 Å². The maximum absolute atomic E-state index is 12.8. The van der Waals surface area contributed by atoms with Gasteiger partial charge in [0.2, 0.25) is 0 Å². The van der Waals surface area contributed by atoms with Crippen LogP contribution in [-0.4, -0.2) is 15.8 Å². The smallest absolute Gasteiger partial charge is 0.324 e. The summed E-state index contributed by atoms with van der Waals surface area (Å²) >= 11 is 0. The summed E-state index contributed by atoms with van der Waals surface area (Å²) in [4.78, 5) is 12.8. The van der Waals surface area contributed by atoms with Crippen LogP contribution in [0.2, 0.25) is 0 Å². The Morgan fingerprint density at radius 1 is 1.00 bits per heavy atom. The molecule has 0 spiro atoms. The van der Waals surface area contributed by atoms with Gasteiger partial charge >= 0.3 is 6.03 Å². The summed E-state index contributed by atoms with van der Waals surface area (Å²) in [5.74, 6) is 0.599. The summed E-state index contributed by atoms with van der Waals surface area (Å²) in [6, 6.07) is 17.0. The molecule has 0 fully saturated rings. The number of aryl methyl sites for hydroxylation is 1. The lowest BCUT2D eigenvalue weighted by atomic mass is 9.92. The molecule has 0 saturated heterocycles. The van der Waals surface area contributed by atoms with Crippen molar-refractivity contribution >= 4 is 28.5 Å². The number of urea groups is 1. The number of anilines is 2. The fraction of sp³-hybridized carbons (Fsp3) is 0.280. The van der Waals surface area contributed by atoms with Gasteiger partial charge in [-0.25, -0.2) is 9.48 Å². The van der Waals surface area contributed by atoms with Crippen LogP contribution in [0.5, 0.6) is 0 Å². The average molecular weight is 419 g/mol. The Hall–Kier alpha value is -3.54. The lowest BCUT2D eigenvalue weighted by Gasteiger charge is -2.14. The van der Waals surface area contributed by atoms with Crippen molar-refractivity contribution in [3.8, 4) is 5.69 Å². The Balaban J connectivity index is 0.00000132. The van der Waals surface area contributed by atoms with Crippen molar-refractivity contribution in [1.82, 2.24) is 9.78 Å². The lowest BCUT2D eigenvalue weighted by Crippen LogP contribution is -2.21. The SMILES string of the molecule is CC.Cc1ccc(NC(=O)Nc2cc(C(C)(C)C)nn2-c2ccccc2)c2occc12. The van der Waals surface area contributed by atoms with Crippen molar-refractivity contribution in [2.75, 3.05) is 10.6 Å². The number of furan rings is 1. The number of amides is 2. The zero-order chi connectivity index (χ0) is 22.6. The molecule has 2 aromatic heterocycles. The molecule has 6 nitrogen and oxygen atoms in total. The molecule has 31 heavy (non-hydrogen) atoms. The van der Waals surface area contributed by atoms with E-state index in [1.807, 2.05) is 75.4 Å². The van der Waals surface area contributed by atoms with Crippen molar-refractivity contribution in [3.05, 3.63) is 72.1 Å². The maximum Gasteiger partial charge on any atom is 0.324 e. The first-order chi connectivity index (χ1) is 14.8. The predicted octanol–water partition coefficient (Wildman–Crippen LogP) is 6.89. The molecule has 0 aliphatic rings. The molecule has 2 N–H and O–H groups in total. The molecule has 6 heteroatoms. The number of fused-ring (bicyclic) bond motifs is 1. The van der Waals surface area contributed by atoms with Gasteiger partial charge in [0.15, 0.2) is 5.58 Å². The van der Waals surface area contributed by atoms with Crippen LogP contribution in [0, 0.1) is 6.92 Å². The molecule has 4 aromatic rings. The second-order valence-electron chi connectivity index (χ2n) is 8.08. The zero-order valence-electron chi connectivity index (χ0n) is 19.0. The van der Waals surface area contributed by atoms with Gasteiger partial charge in [0, 0.05) is 16.9 Å². The highest BCUT2D eigenvalue weighted by atomic mass is 16.3. The third kappa shape index (κ3) is 4.79. The van der Waals surface area contributed by atoms with Gasteiger partial charge in [0.1, 0.15) is 5.82 Å². The van der Waals surface area contributed by atoms with Crippen molar-refractivity contribution in [3.63, 3.8) is 0 Å². The molecule has 0 saturated carbocycles. The van der Waals surface area contributed by atoms with Crippen molar-refractivity contribution in [2.24, 2.45) is 0 Å². The molecular formula is C25H30N4O2. The van der Waals surface area contributed by atoms with E-state index < -0.39 is 0 Å². The van der Waals surface area contributed by atoms with Crippen LogP contribution in [0.25, 0.3) is 16.7 Å². The summed E-state index contributed by atoms with van der Waals surface area (Å²) in [5.41, 5.74) is 3.99. The quantitative estimate of drug-likeness (QED) is 0.380. The average Bonchev–Trinajstić information content (AvgIpc) is 3.40. The molecule has 0 aliphatic heterocycles. The second-order valence-corrected chi connectivity index (χ2v) is 8.08. The number of nitrogens with zero attached hydrogens (tertiary/aromatic N) is 2. The van der Waals surface area contributed by atoms with Gasteiger partial charge in [-0.3, -0.25) is 5.32 Å². The molecule has 4 rings (SSSR count). The number of carbonyl (C=O) groups is 1. The Bertz CT molecular complexity index is 1170. The van der Waals surface area contributed by atoms with E-state index in [2.05, 4.69) is 31.4 Å². The minimum absolute atomic E-state index is 0.149. The van der Waals surface area contributed by atoms with Crippen LogP contribution in [-0.2, 0) is 5.41 Å². The largest absolute Gasteiger partial charge is 0.462 e. The van der Waals surface area contributed by atoms with Gasteiger partial charge in [-0.15, -0.1) is 0 Å². The molecule has 0 radical (unpaired) electrons. The molecule has 0 aliphatic carbocycles. The molecule has 0 unspecified atom stereocenters. The molecule has 2 heterocycles. The van der Waals surface area contributed by atoms with E-state index in [9.17, 15) is 4.79 Å². The first-order valence-corrected chi connectivity index (χ1v) is 10.5. The number of hydrogen-bond donors (Lipinski definition) is 2. The normalized spacial score (nSPS) is 11.0. The van der Waals surface area contributed by atoms with E-state index in [1.165, 1.54) is 0 Å². The predicted molar refractivity (Wildman–Crippen MR) is 127 cm³/mol. The highest BCUT2D eigenvalue weighted by Gasteiger charge is 2.21. The Labute approximate surface area is 183 Å². The summed E-state index contributed by atoms with van der Waals surface area (Å²) in [6.07, 6.45) is 1.63. The number of carbonyl (C=O) groups excluding carboxylic acids is 1. The summed E-state index contributed by atoms with van der Waals surface area (Å²) < 4.78 is 7.31. The highest BCUT2D eigenvalue weighted by Crippen LogP contribution is 2.29. The van der Waals surface area contributed by atoms with Gasteiger partial charge in [0.25, 0.3) is 0 Å². The Morgan fingerprint density at radius 2 is 1.71 bits per heavy atom. The maximum atomic E-state index is 12.8. The Kier molecular flexibility index (Phi) is 6.49. The summed E-state index contributed by atoms with van der Waals surface area (Å²) in [6.45, 7) is 12.3. The fourth-order valence-corrected chi connectivity index (χ4v) is 3.17. The first kappa shape index (κ1) is 22.2. The number of hydrogen-bond acceptors (Lipinski definition) is 3. The van der Waals surface area contributed by atoms with E-state index in [-0.39, 0.29) is 11.4 Å². The molecule has 0 bridgehead atoms. The topological polar surface area (TPSA) is 72.1 Å². The standard InChI is InChI=1S/C23H24N4O2.C2H6/c1-15-10-11-18(21-17(15)12-13-29-21)24-22(28)25-20-14-19(23(2,3)4)26-27(20)16-8-6-5-7-9-16;1-2/h5-14H,1-4H3,(H2,24,25,28);1-2H3. The third-order valence-electron chi connectivity index (χ3n) is 4.80. The highest BCUT2D eigenvalue weighted by molar-refractivity contribution is 6.05. The van der Waals surface area contributed by atoms with Gasteiger partial charge in [-0.2, -0.15) is 5.10 Å². The molecule has 2 aromatic carbocycles. The molecular weight excluding hydrogens is 388 g/mol. The monoisotopic (exact) mass is 418 g/mol. The van der Waals surface area contributed by atoms with E-state index in [4.69, 9.17) is 9.52 Å². The van der Waals surface area contributed by atoms with Gasteiger partial charge in [-0.1, -0.05) is 58.9 Å². The zero-order valence-corrected chi connectivity index (χ0v) is 19.0. The lowest BCUT2D eigenvalue weighted by molar-refractivity contribution is 0.262. The van der Waals surface area contributed by atoms with Crippen LogP contribution in [0.15, 0.2) is 65.3 Å². The van der Waals surface area contributed by atoms with Gasteiger partial charge < -0.3 is 9.73 Å². The number of rotatable bonds is 3. The number of benzene rings is 2. The van der Waals surface area contributed by atoms with Gasteiger partial charge in [-0.05, 0) is 36.8 Å². The van der Waals surface area contributed by atoms with Crippen LogP contribution in [0.1, 0.15) is 45.9 Å². The fourth-order valence-electron chi connectivity index (χ4n) is 3.17. The van der Waals surface area contributed by atoms with E-state index in [1.54, 1.807) is 10.9 Å². The first-order valence-electron chi connectivity index (χ1n) is 10.5. The summed E-state index contributed by atoms with van der Waals surface area (Å²) in [5, 5.41) is 11.5. The van der Waals surface area contributed by atoms with Gasteiger partial charge in [0.05, 0.1) is 23.3 Å². The van der Waals surface area contributed by atoms with Crippen LogP contribution in [0.3, 0.4) is 0 Å². The number of para-hydroxylation sites is 1. The summed E-state index contributed by atoms with van der Waals surface area (Å²) in [7, 11) is 0. The molecule has 2 amide bonds.